The fourth-order valence-electron chi connectivity index (χ4n) is 1.65. The predicted molar refractivity (Wildman–Crippen MR) is 69.9 cm³/mol. The Morgan fingerprint density at radius 2 is 2.00 bits per heavy atom. The van der Waals surface area contributed by atoms with Crippen LogP contribution < -0.4 is 5.32 Å². The summed E-state index contributed by atoms with van der Waals surface area (Å²) in [6.45, 7) is 3.07. The Bertz CT molecular complexity index is 448. The topological polar surface area (TPSA) is 24.9 Å². The van der Waals surface area contributed by atoms with E-state index >= 15 is 0 Å². The van der Waals surface area contributed by atoms with Gasteiger partial charge < -0.3 is 5.32 Å². The van der Waals surface area contributed by atoms with E-state index < -0.39 is 0 Å². The van der Waals surface area contributed by atoms with E-state index in [1.165, 1.54) is 15.4 Å². The highest BCUT2D eigenvalue weighted by Gasteiger charge is 2.08. The van der Waals surface area contributed by atoms with Crippen molar-refractivity contribution in [2.45, 2.75) is 13.3 Å². The van der Waals surface area contributed by atoms with Gasteiger partial charge in [0, 0.05) is 13.0 Å². The third-order valence-corrected chi connectivity index (χ3v) is 3.73. The minimum absolute atomic E-state index is 0.987. The molecule has 1 aromatic carbocycles. The van der Waals surface area contributed by atoms with Crippen molar-refractivity contribution in [3.05, 3.63) is 41.0 Å². The molecular weight excluding hydrogens is 216 g/mol. The molecule has 0 bridgehead atoms. The third-order valence-electron chi connectivity index (χ3n) is 2.47. The molecule has 1 aromatic heterocycles. The van der Waals surface area contributed by atoms with Crippen LogP contribution in [0.4, 0.5) is 0 Å². The number of nitrogens with zero attached hydrogens (tertiary/aromatic N) is 1. The fraction of sp³-hybridized carbons (Fsp3) is 0.308. The van der Waals surface area contributed by atoms with Gasteiger partial charge in [-0.25, -0.2) is 4.98 Å². The van der Waals surface area contributed by atoms with Crippen LogP contribution in [0.1, 0.15) is 10.7 Å². The van der Waals surface area contributed by atoms with Crippen molar-refractivity contribution in [3.63, 3.8) is 0 Å². The number of thiazole rings is 1. The molecule has 0 unspecified atom stereocenters. The Morgan fingerprint density at radius 1 is 1.25 bits per heavy atom. The van der Waals surface area contributed by atoms with Gasteiger partial charge in [-0.05, 0) is 19.5 Å². The number of likely N-dealkylation sites (N-methyl/N-ethyl adjacent to an activating group) is 1. The molecule has 0 aliphatic heterocycles. The van der Waals surface area contributed by atoms with Crippen molar-refractivity contribution in [3.8, 4) is 10.4 Å². The predicted octanol–water partition coefficient (Wildman–Crippen LogP) is 2.88. The maximum atomic E-state index is 4.60. The zero-order valence-corrected chi connectivity index (χ0v) is 10.5. The highest BCUT2D eigenvalue weighted by Crippen LogP contribution is 2.29. The molecule has 1 heterocycles. The van der Waals surface area contributed by atoms with Crippen LogP contribution in [0.5, 0.6) is 0 Å². The van der Waals surface area contributed by atoms with E-state index in [-0.39, 0.29) is 0 Å². The Balaban J connectivity index is 2.25. The van der Waals surface area contributed by atoms with Crippen molar-refractivity contribution < 1.29 is 0 Å². The van der Waals surface area contributed by atoms with Gasteiger partial charge in [0.1, 0.15) is 0 Å². The van der Waals surface area contributed by atoms with Crippen molar-refractivity contribution >= 4 is 11.3 Å². The number of aromatic nitrogens is 1. The lowest BCUT2D eigenvalue weighted by molar-refractivity contribution is 0.786. The maximum Gasteiger partial charge on any atom is 0.0947 e. The Labute approximate surface area is 100 Å². The Morgan fingerprint density at radius 3 is 2.69 bits per heavy atom. The van der Waals surface area contributed by atoms with Crippen LogP contribution in [-0.2, 0) is 6.42 Å². The zero-order valence-electron chi connectivity index (χ0n) is 9.66. The van der Waals surface area contributed by atoms with E-state index in [2.05, 4.69) is 41.5 Å². The van der Waals surface area contributed by atoms with Gasteiger partial charge in [0.25, 0.3) is 0 Å². The van der Waals surface area contributed by atoms with E-state index in [0.717, 1.165) is 18.7 Å². The first-order valence-corrected chi connectivity index (χ1v) is 6.29. The SMILES string of the molecule is CNCCc1nc(C)c(-c2ccccc2)s1. The largest absolute Gasteiger partial charge is 0.319 e. The zero-order chi connectivity index (χ0) is 11.4. The van der Waals surface area contributed by atoms with Gasteiger partial charge in [0.15, 0.2) is 0 Å². The molecular formula is C13H16N2S. The lowest BCUT2D eigenvalue weighted by atomic mass is 10.2. The summed E-state index contributed by atoms with van der Waals surface area (Å²) in [4.78, 5) is 5.90. The van der Waals surface area contributed by atoms with Crippen LogP contribution in [-0.4, -0.2) is 18.6 Å². The van der Waals surface area contributed by atoms with Crippen molar-refractivity contribution in [1.29, 1.82) is 0 Å². The molecule has 2 rings (SSSR count). The van der Waals surface area contributed by atoms with Crippen LogP contribution in [0, 0.1) is 6.92 Å². The number of nitrogens with one attached hydrogen (secondary N) is 1. The van der Waals surface area contributed by atoms with Crippen molar-refractivity contribution in [2.75, 3.05) is 13.6 Å². The summed E-state index contributed by atoms with van der Waals surface area (Å²) in [6.07, 6.45) is 1.01. The summed E-state index contributed by atoms with van der Waals surface area (Å²) in [6, 6.07) is 10.5. The number of rotatable bonds is 4. The average molecular weight is 232 g/mol. The smallest absolute Gasteiger partial charge is 0.0947 e. The molecule has 2 aromatic rings. The van der Waals surface area contributed by atoms with Gasteiger partial charge in [-0.15, -0.1) is 11.3 Å². The molecule has 0 saturated carbocycles. The number of benzene rings is 1. The fourth-order valence-corrected chi connectivity index (χ4v) is 2.72. The average Bonchev–Trinajstić information content (AvgIpc) is 2.69. The van der Waals surface area contributed by atoms with E-state index in [9.17, 15) is 0 Å². The molecule has 0 spiro atoms. The van der Waals surface area contributed by atoms with Crippen LogP contribution >= 0.6 is 11.3 Å². The van der Waals surface area contributed by atoms with E-state index in [0.29, 0.717) is 0 Å². The summed E-state index contributed by atoms with van der Waals surface area (Å²) < 4.78 is 0. The summed E-state index contributed by atoms with van der Waals surface area (Å²) in [5.74, 6) is 0. The van der Waals surface area contributed by atoms with Gasteiger partial charge in [0.05, 0.1) is 15.6 Å². The van der Waals surface area contributed by atoms with Crippen molar-refractivity contribution in [2.24, 2.45) is 0 Å². The molecule has 16 heavy (non-hydrogen) atoms. The Kier molecular flexibility index (Phi) is 3.70. The summed E-state index contributed by atoms with van der Waals surface area (Å²) >= 11 is 1.80. The second-order valence-electron chi connectivity index (χ2n) is 3.74. The third kappa shape index (κ3) is 2.49. The minimum Gasteiger partial charge on any atom is -0.319 e. The van der Waals surface area contributed by atoms with Crippen LogP contribution in [0.3, 0.4) is 0 Å². The molecule has 84 valence electrons. The van der Waals surface area contributed by atoms with E-state index in [1.54, 1.807) is 11.3 Å². The molecule has 0 aliphatic carbocycles. The lowest BCUT2D eigenvalue weighted by Gasteiger charge is -1.96. The van der Waals surface area contributed by atoms with Gasteiger partial charge in [0.2, 0.25) is 0 Å². The van der Waals surface area contributed by atoms with Crippen LogP contribution in [0.15, 0.2) is 30.3 Å². The maximum absolute atomic E-state index is 4.60. The lowest BCUT2D eigenvalue weighted by Crippen LogP contribution is -2.09. The molecule has 0 aliphatic rings. The van der Waals surface area contributed by atoms with Crippen LogP contribution in [0.25, 0.3) is 10.4 Å². The molecule has 0 amide bonds. The molecule has 0 fully saturated rings. The van der Waals surface area contributed by atoms with E-state index in [1.807, 2.05) is 13.1 Å². The summed E-state index contributed by atoms with van der Waals surface area (Å²) in [5.41, 5.74) is 2.41. The normalized spacial score (nSPS) is 10.6. The van der Waals surface area contributed by atoms with Gasteiger partial charge in [-0.1, -0.05) is 30.3 Å². The minimum atomic E-state index is 0.987. The molecule has 2 nitrogen and oxygen atoms in total. The van der Waals surface area contributed by atoms with Gasteiger partial charge in [-0.2, -0.15) is 0 Å². The van der Waals surface area contributed by atoms with Gasteiger partial charge >= 0.3 is 0 Å². The summed E-state index contributed by atoms with van der Waals surface area (Å²) in [5, 5.41) is 4.36. The summed E-state index contributed by atoms with van der Waals surface area (Å²) in [7, 11) is 1.97. The Hall–Kier alpha value is -1.19. The van der Waals surface area contributed by atoms with Crippen molar-refractivity contribution in [1.82, 2.24) is 10.3 Å². The number of aryl methyl sites for hydroxylation is 1. The highest BCUT2D eigenvalue weighted by atomic mass is 32.1. The molecule has 1 N–H and O–H groups in total. The van der Waals surface area contributed by atoms with Crippen LogP contribution in [0.2, 0.25) is 0 Å². The monoisotopic (exact) mass is 232 g/mol. The molecule has 0 atom stereocenters. The number of hydrogen-bond donors (Lipinski definition) is 1. The second kappa shape index (κ2) is 5.23. The first-order valence-electron chi connectivity index (χ1n) is 5.47. The van der Waals surface area contributed by atoms with E-state index in [4.69, 9.17) is 0 Å². The second-order valence-corrected chi connectivity index (χ2v) is 4.83. The molecule has 0 radical (unpaired) electrons. The van der Waals surface area contributed by atoms with Gasteiger partial charge in [-0.3, -0.25) is 0 Å². The molecule has 3 heteroatoms. The molecule has 0 saturated heterocycles. The standard InChI is InChI=1S/C13H16N2S/c1-10-13(11-6-4-3-5-7-11)16-12(15-10)8-9-14-2/h3-7,14H,8-9H2,1-2H3. The first-order chi connectivity index (χ1) is 7.81. The number of hydrogen-bond acceptors (Lipinski definition) is 3. The first kappa shape index (κ1) is 11.3. The highest BCUT2D eigenvalue weighted by molar-refractivity contribution is 7.15. The quantitative estimate of drug-likeness (QED) is 0.876.